The van der Waals surface area contributed by atoms with Crippen molar-refractivity contribution in [2.24, 2.45) is 5.73 Å². The van der Waals surface area contributed by atoms with Crippen molar-refractivity contribution >= 4 is 40.9 Å². The number of hydrogen-bond donors (Lipinski definition) is 4. The molecule has 0 radical (unpaired) electrons. The molecule has 0 aliphatic carbocycles. The van der Waals surface area contributed by atoms with Gasteiger partial charge in [0.15, 0.2) is 5.78 Å². The summed E-state index contributed by atoms with van der Waals surface area (Å²) in [5.74, 6) is -3.22. The van der Waals surface area contributed by atoms with Gasteiger partial charge in [-0.3, -0.25) is 24.0 Å². The highest BCUT2D eigenvalue weighted by Gasteiger charge is 2.22. The standard InChI is InChI=1S/C20H23N3O5S.C3H6O2/c21-17(25)9-8-16(24)15(7-11-19(27)28)23-18(26)10-6-14-12-29-20(22-14)13-4-2-1-3-5-13;1-2-3(4)5/h1-5,12,15H,6-11H2,(H2,21,25)(H,23,26)(H,27,28);2H2,1H3,(H,4,5)/t15-;/m0./s1. The number of hydrogen-bond acceptors (Lipinski definition) is 7. The number of Topliss-reactive ketones (excluding diaryl/α,β-unsaturated/α-hetero) is 1. The van der Waals surface area contributed by atoms with Gasteiger partial charge in [-0.05, 0) is 12.8 Å². The van der Waals surface area contributed by atoms with Crippen LogP contribution in [0.5, 0.6) is 0 Å². The van der Waals surface area contributed by atoms with Crippen LogP contribution >= 0.6 is 11.3 Å². The lowest BCUT2D eigenvalue weighted by atomic mass is 10.0. The third-order valence-corrected chi connectivity index (χ3v) is 5.41. The third-order valence-electron chi connectivity index (χ3n) is 4.47. The van der Waals surface area contributed by atoms with Gasteiger partial charge >= 0.3 is 11.9 Å². The average Bonchev–Trinajstić information content (AvgIpc) is 3.28. The molecule has 1 atom stereocenters. The van der Waals surface area contributed by atoms with Crippen LogP contribution in [-0.2, 0) is 30.4 Å². The van der Waals surface area contributed by atoms with Crippen LogP contribution in [0.2, 0.25) is 0 Å². The number of aryl methyl sites for hydroxylation is 1. The van der Waals surface area contributed by atoms with E-state index >= 15 is 0 Å². The summed E-state index contributed by atoms with van der Waals surface area (Å²) in [5.41, 5.74) is 6.81. The van der Waals surface area contributed by atoms with Crippen LogP contribution in [0.15, 0.2) is 35.7 Å². The highest BCUT2D eigenvalue weighted by Crippen LogP contribution is 2.23. The zero-order valence-corrected chi connectivity index (χ0v) is 19.7. The predicted molar refractivity (Wildman–Crippen MR) is 126 cm³/mol. The lowest BCUT2D eigenvalue weighted by Crippen LogP contribution is -2.41. The van der Waals surface area contributed by atoms with Gasteiger partial charge in [0.1, 0.15) is 5.01 Å². The molecule has 1 aromatic carbocycles. The number of ketones is 1. The second kappa shape index (κ2) is 15.3. The number of primary amides is 1. The van der Waals surface area contributed by atoms with Crippen molar-refractivity contribution in [3.63, 3.8) is 0 Å². The number of thiazole rings is 1. The highest BCUT2D eigenvalue weighted by molar-refractivity contribution is 7.13. The van der Waals surface area contributed by atoms with E-state index in [2.05, 4.69) is 10.3 Å². The van der Waals surface area contributed by atoms with Crippen LogP contribution in [0.4, 0.5) is 0 Å². The van der Waals surface area contributed by atoms with Crippen LogP contribution in [0.3, 0.4) is 0 Å². The van der Waals surface area contributed by atoms with Gasteiger partial charge in [0.05, 0.1) is 11.7 Å². The Balaban J connectivity index is 0.00000104. The van der Waals surface area contributed by atoms with Gasteiger partial charge in [0.25, 0.3) is 0 Å². The van der Waals surface area contributed by atoms with Gasteiger partial charge in [0.2, 0.25) is 11.8 Å². The molecule has 34 heavy (non-hydrogen) atoms. The molecule has 1 aromatic heterocycles. The Morgan fingerprint density at radius 2 is 1.65 bits per heavy atom. The van der Waals surface area contributed by atoms with Gasteiger partial charge in [0, 0.05) is 43.0 Å². The Bertz CT molecular complexity index is 976. The molecule has 0 saturated carbocycles. The Hall–Kier alpha value is -3.60. The van der Waals surface area contributed by atoms with Crippen molar-refractivity contribution in [3.05, 3.63) is 41.4 Å². The third kappa shape index (κ3) is 11.9. The molecular formula is C23H29N3O7S. The number of carboxylic acids is 2. The van der Waals surface area contributed by atoms with Crippen LogP contribution in [-0.4, -0.2) is 50.8 Å². The lowest BCUT2D eigenvalue weighted by molar-refractivity contribution is -0.138. The average molecular weight is 492 g/mol. The zero-order chi connectivity index (χ0) is 25.5. The van der Waals surface area contributed by atoms with Gasteiger partial charge in [-0.1, -0.05) is 37.3 Å². The number of nitrogens with zero attached hydrogens (tertiary/aromatic N) is 1. The molecule has 2 aromatic rings. The van der Waals surface area contributed by atoms with Gasteiger partial charge in [-0.2, -0.15) is 0 Å². The van der Waals surface area contributed by atoms with Crippen molar-refractivity contribution in [2.75, 3.05) is 0 Å². The molecule has 184 valence electrons. The Kier molecular flexibility index (Phi) is 12.8. The summed E-state index contributed by atoms with van der Waals surface area (Å²) < 4.78 is 0. The van der Waals surface area contributed by atoms with E-state index in [-0.39, 0.29) is 44.4 Å². The molecule has 2 amide bonds. The molecule has 10 nitrogen and oxygen atoms in total. The van der Waals surface area contributed by atoms with Gasteiger partial charge in [-0.15, -0.1) is 11.3 Å². The fraction of sp³-hybridized carbons (Fsp3) is 0.391. The van der Waals surface area contributed by atoms with E-state index in [1.165, 1.54) is 11.3 Å². The van der Waals surface area contributed by atoms with Crippen LogP contribution in [0.25, 0.3) is 10.6 Å². The molecule has 0 saturated heterocycles. The van der Waals surface area contributed by atoms with E-state index in [1.54, 1.807) is 6.92 Å². The number of carboxylic acid groups (broad SMARTS) is 2. The Labute approximate surface area is 201 Å². The Morgan fingerprint density at radius 3 is 2.21 bits per heavy atom. The number of aromatic nitrogens is 1. The number of carbonyl (C=O) groups excluding carboxylic acids is 3. The number of aliphatic carboxylic acids is 2. The first kappa shape index (κ1) is 28.4. The summed E-state index contributed by atoms with van der Waals surface area (Å²) in [6.45, 7) is 1.60. The molecule has 1 heterocycles. The van der Waals surface area contributed by atoms with E-state index < -0.39 is 29.7 Å². The number of amides is 2. The minimum absolute atomic E-state index is 0.0342. The summed E-state index contributed by atoms with van der Waals surface area (Å²) in [6, 6.07) is 8.74. The van der Waals surface area contributed by atoms with E-state index in [4.69, 9.17) is 15.9 Å². The maximum Gasteiger partial charge on any atom is 0.303 e. The summed E-state index contributed by atoms with van der Waals surface area (Å²) in [6.07, 6.45) is 0.167. The number of nitrogens with one attached hydrogen (secondary N) is 1. The van der Waals surface area contributed by atoms with Crippen molar-refractivity contribution < 1.29 is 34.2 Å². The molecule has 5 N–H and O–H groups in total. The van der Waals surface area contributed by atoms with E-state index in [1.807, 2.05) is 35.7 Å². The van der Waals surface area contributed by atoms with E-state index in [0.29, 0.717) is 6.42 Å². The largest absolute Gasteiger partial charge is 0.481 e. The maximum atomic E-state index is 12.3. The number of carbonyl (C=O) groups is 5. The molecule has 2 rings (SSSR count). The first-order valence-corrected chi connectivity index (χ1v) is 11.5. The van der Waals surface area contributed by atoms with Crippen LogP contribution in [0.1, 0.15) is 51.1 Å². The second-order valence-electron chi connectivity index (χ2n) is 7.24. The monoisotopic (exact) mass is 491 g/mol. The minimum atomic E-state index is -1.07. The molecule has 0 aliphatic rings. The van der Waals surface area contributed by atoms with Crippen molar-refractivity contribution in [1.29, 1.82) is 0 Å². The zero-order valence-electron chi connectivity index (χ0n) is 18.9. The summed E-state index contributed by atoms with van der Waals surface area (Å²) >= 11 is 1.49. The topological polar surface area (TPSA) is 177 Å². The molecule has 0 aliphatic heterocycles. The molecule has 0 spiro atoms. The van der Waals surface area contributed by atoms with Crippen molar-refractivity contribution in [3.8, 4) is 10.6 Å². The maximum absolute atomic E-state index is 12.3. The van der Waals surface area contributed by atoms with Gasteiger partial charge < -0.3 is 21.3 Å². The smallest absolute Gasteiger partial charge is 0.303 e. The van der Waals surface area contributed by atoms with E-state index in [0.717, 1.165) is 16.3 Å². The highest BCUT2D eigenvalue weighted by atomic mass is 32.1. The van der Waals surface area contributed by atoms with Crippen LogP contribution < -0.4 is 11.1 Å². The minimum Gasteiger partial charge on any atom is -0.481 e. The number of rotatable bonds is 13. The quantitative estimate of drug-likeness (QED) is 0.330. The summed E-state index contributed by atoms with van der Waals surface area (Å²) in [4.78, 5) is 60.0. The second-order valence-corrected chi connectivity index (χ2v) is 8.10. The molecule has 11 heteroatoms. The molecular weight excluding hydrogens is 462 g/mol. The summed E-state index contributed by atoms with van der Waals surface area (Å²) in [7, 11) is 0. The van der Waals surface area contributed by atoms with Crippen molar-refractivity contribution in [2.45, 2.75) is 57.9 Å². The first-order chi connectivity index (χ1) is 16.1. The van der Waals surface area contributed by atoms with Gasteiger partial charge in [-0.25, -0.2) is 4.98 Å². The Morgan fingerprint density at radius 1 is 1.00 bits per heavy atom. The normalized spacial score (nSPS) is 11.0. The fourth-order valence-corrected chi connectivity index (χ4v) is 3.51. The molecule has 0 fully saturated rings. The predicted octanol–water partition coefficient (Wildman–Crippen LogP) is 2.41. The number of nitrogens with two attached hydrogens (primary N) is 1. The SMILES string of the molecule is CCC(=O)O.NC(=O)CCC(=O)[C@H](CCC(=O)O)NC(=O)CCc1csc(-c2ccccc2)n1. The number of benzene rings is 1. The summed E-state index contributed by atoms with van der Waals surface area (Å²) in [5, 5.41) is 21.9. The lowest BCUT2D eigenvalue weighted by Gasteiger charge is -2.16. The first-order valence-electron chi connectivity index (χ1n) is 10.7. The van der Waals surface area contributed by atoms with Crippen LogP contribution in [0, 0.1) is 0 Å². The fourth-order valence-electron chi connectivity index (χ4n) is 2.65. The molecule has 0 bridgehead atoms. The van der Waals surface area contributed by atoms with Crippen molar-refractivity contribution in [1.82, 2.24) is 10.3 Å². The van der Waals surface area contributed by atoms with E-state index in [9.17, 15) is 24.0 Å². The molecule has 0 unspecified atom stereocenters.